The van der Waals surface area contributed by atoms with E-state index >= 15 is 0 Å². The van der Waals surface area contributed by atoms with Crippen LogP contribution in [0.25, 0.3) is 0 Å². The molecule has 0 bridgehead atoms. The zero-order valence-electron chi connectivity index (χ0n) is 21.8. The Morgan fingerprint density at radius 3 is 2.32 bits per heavy atom. The number of benzene rings is 2. The summed E-state index contributed by atoms with van der Waals surface area (Å²) in [6.07, 6.45) is 0.886. The van der Waals surface area contributed by atoms with Gasteiger partial charge in [-0.15, -0.1) is 0 Å². The second-order valence-corrected chi connectivity index (χ2v) is 10.2. The number of carboxylic acid groups (broad SMARTS) is 1. The van der Waals surface area contributed by atoms with Gasteiger partial charge in [-0.3, -0.25) is 14.5 Å². The van der Waals surface area contributed by atoms with E-state index in [1.165, 1.54) is 0 Å². The van der Waals surface area contributed by atoms with Crippen molar-refractivity contribution >= 4 is 11.9 Å². The molecule has 2 saturated heterocycles. The molecule has 0 unspecified atom stereocenters. The van der Waals surface area contributed by atoms with Crippen molar-refractivity contribution in [2.75, 3.05) is 19.7 Å². The molecule has 206 valence electrons. The number of carboxylic acids is 1. The summed E-state index contributed by atoms with van der Waals surface area (Å²) < 4.78 is 13.0. The summed E-state index contributed by atoms with van der Waals surface area (Å²) in [5, 5.41) is 30.7. The molecule has 2 aromatic rings. The first kappa shape index (κ1) is 28.2. The van der Waals surface area contributed by atoms with Crippen LogP contribution >= 0.6 is 0 Å². The number of hydrogen-bond donors (Lipinski definition) is 4. The van der Waals surface area contributed by atoms with Crippen molar-refractivity contribution < 1.29 is 34.4 Å². The molecule has 2 aliphatic heterocycles. The summed E-state index contributed by atoms with van der Waals surface area (Å²) in [5.41, 5.74) is 3.61. The lowest BCUT2D eigenvalue weighted by Gasteiger charge is -2.43. The Morgan fingerprint density at radius 1 is 0.974 bits per heavy atom. The molecule has 2 heterocycles. The fourth-order valence-electron chi connectivity index (χ4n) is 5.20. The quantitative estimate of drug-likeness (QED) is 0.352. The average Bonchev–Trinajstić information content (AvgIpc) is 3.39. The monoisotopic (exact) mass is 526 g/mol. The lowest BCUT2D eigenvalue weighted by Crippen LogP contribution is -2.46. The number of ether oxygens (including phenoxy) is 2. The first-order chi connectivity index (χ1) is 18.4. The van der Waals surface area contributed by atoms with Gasteiger partial charge < -0.3 is 30.1 Å². The maximum Gasteiger partial charge on any atom is 0.303 e. The van der Waals surface area contributed by atoms with Crippen molar-refractivity contribution in [3.63, 3.8) is 0 Å². The lowest BCUT2D eigenvalue weighted by molar-refractivity contribution is -0.276. The van der Waals surface area contributed by atoms with Gasteiger partial charge >= 0.3 is 5.97 Å². The molecule has 9 heteroatoms. The normalized spacial score (nSPS) is 25.8. The molecule has 2 aliphatic rings. The molecule has 2 aromatic carbocycles. The number of carbonyl (C=O) groups excluding carboxylic acids is 1. The van der Waals surface area contributed by atoms with Gasteiger partial charge in [0.15, 0.2) is 6.29 Å². The first-order valence-electron chi connectivity index (χ1n) is 13.3. The van der Waals surface area contributed by atoms with Crippen molar-refractivity contribution in [3.05, 3.63) is 70.8 Å². The SMILES string of the molecule is C[C@@H]1[C@H](CN2CCC[C@H]2CO)O[C@H](c2ccc(CNC(=O)CCC(=O)O)cc2)O[C@@H]1c1ccc(CO)cc1. The number of amides is 1. The smallest absolute Gasteiger partial charge is 0.303 e. The van der Waals surface area contributed by atoms with E-state index in [0.29, 0.717) is 13.1 Å². The van der Waals surface area contributed by atoms with E-state index in [1.807, 2.05) is 48.5 Å². The molecule has 0 saturated carbocycles. The zero-order chi connectivity index (χ0) is 27.1. The van der Waals surface area contributed by atoms with E-state index < -0.39 is 12.3 Å². The number of aliphatic carboxylic acids is 1. The van der Waals surface area contributed by atoms with Crippen molar-refractivity contribution in [1.82, 2.24) is 10.2 Å². The summed E-state index contributed by atoms with van der Waals surface area (Å²) in [5.74, 6) is -1.24. The Bertz CT molecular complexity index is 1060. The van der Waals surface area contributed by atoms with Crippen LogP contribution < -0.4 is 5.32 Å². The van der Waals surface area contributed by atoms with Gasteiger partial charge in [0.05, 0.1) is 31.8 Å². The molecule has 1 amide bonds. The van der Waals surface area contributed by atoms with Crippen LogP contribution in [0.15, 0.2) is 48.5 Å². The van der Waals surface area contributed by atoms with Crippen LogP contribution in [0, 0.1) is 5.92 Å². The highest BCUT2D eigenvalue weighted by Gasteiger charge is 2.40. The maximum atomic E-state index is 11.9. The van der Waals surface area contributed by atoms with Gasteiger partial charge in [-0.25, -0.2) is 0 Å². The molecule has 4 rings (SSSR count). The number of hydrogen-bond acceptors (Lipinski definition) is 7. The third kappa shape index (κ3) is 7.18. The van der Waals surface area contributed by atoms with E-state index in [0.717, 1.165) is 41.6 Å². The number of aliphatic hydroxyl groups excluding tert-OH is 2. The second-order valence-electron chi connectivity index (χ2n) is 10.2. The van der Waals surface area contributed by atoms with Gasteiger partial charge in [-0.1, -0.05) is 55.5 Å². The predicted octanol–water partition coefficient (Wildman–Crippen LogP) is 2.91. The third-order valence-corrected chi connectivity index (χ3v) is 7.56. The lowest BCUT2D eigenvalue weighted by atomic mass is 9.90. The summed E-state index contributed by atoms with van der Waals surface area (Å²) in [4.78, 5) is 24.8. The Labute approximate surface area is 223 Å². The van der Waals surface area contributed by atoms with Crippen molar-refractivity contribution in [2.24, 2.45) is 5.92 Å². The summed E-state index contributed by atoms with van der Waals surface area (Å²) >= 11 is 0. The van der Waals surface area contributed by atoms with E-state index in [9.17, 15) is 19.8 Å². The molecule has 0 spiro atoms. The fraction of sp³-hybridized carbons (Fsp3) is 0.517. The Balaban J connectivity index is 1.48. The molecule has 0 aliphatic carbocycles. The minimum absolute atomic E-state index is 0.0143. The van der Waals surface area contributed by atoms with Crippen LogP contribution in [-0.4, -0.2) is 63.9 Å². The second kappa shape index (κ2) is 13.3. The van der Waals surface area contributed by atoms with Crippen LogP contribution in [0.3, 0.4) is 0 Å². The molecule has 2 fully saturated rings. The molecule has 0 radical (unpaired) electrons. The molecule has 38 heavy (non-hydrogen) atoms. The Hall–Kier alpha value is -2.82. The van der Waals surface area contributed by atoms with Gasteiger partial charge in [0, 0.05) is 37.0 Å². The molecule has 0 aromatic heterocycles. The van der Waals surface area contributed by atoms with Gasteiger partial charge in [0.2, 0.25) is 5.91 Å². The van der Waals surface area contributed by atoms with Gasteiger partial charge in [0.1, 0.15) is 0 Å². The number of rotatable bonds is 11. The van der Waals surface area contributed by atoms with Gasteiger partial charge in [-0.2, -0.15) is 0 Å². The maximum absolute atomic E-state index is 11.9. The van der Waals surface area contributed by atoms with E-state index in [2.05, 4.69) is 17.1 Å². The minimum atomic E-state index is -0.996. The third-order valence-electron chi connectivity index (χ3n) is 7.56. The summed E-state index contributed by atoms with van der Waals surface area (Å²) in [7, 11) is 0. The van der Waals surface area contributed by atoms with Crippen LogP contribution in [0.4, 0.5) is 0 Å². The number of nitrogens with one attached hydrogen (secondary N) is 1. The van der Waals surface area contributed by atoms with Crippen LogP contribution in [0.5, 0.6) is 0 Å². The Morgan fingerprint density at radius 2 is 1.66 bits per heavy atom. The number of likely N-dealkylation sites (tertiary alicyclic amines) is 1. The largest absolute Gasteiger partial charge is 0.481 e. The number of nitrogens with zero attached hydrogens (tertiary/aromatic N) is 1. The molecular weight excluding hydrogens is 488 g/mol. The van der Waals surface area contributed by atoms with Gasteiger partial charge in [0.25, 0.3) is 0 Å². The highest BCUT2D eigenvalue weighted by molar-refractivity contribution is 5.80. The predicted molar refractivity (Wildman–Crippen MR) is 140 cm³/mol. The molecule has 9 nitrogen and oxygen atoms in total. The van der Waals surface area contributed by atoms with Crippen molar-refractivity contribution in [1.29, 1.82) is 0 Å². The Kier molecular flexibility index (Phi) is 9.87. The van der Waals surface area contributed by atoms with E-state index in [1.54, 1.807) is 0 Å². The topological polar surface area (TPSA) is 129 Å². The minimum Gasteiger partial charge on any atom is -0.481 e. The van der Waals surface area contributed by atoms with Crippen molar-refractivity contribution in [3.8, 4) is 0 Å². The van der Waals surface area contributed by atoms with Crippen LogP contribution in [0.1, 0.15) is 67.3 Å². The molecule has 4 N–H and O–H groups in total. The highest BCUT2D eigenvalue weighted by atomic mass is 16.7. The van der Waals surface area contributed by atoms with Crippen LogP contribution in [-0.2, 0) is 32.2 Å². The number of aliphatic hydroxyl groups is 2. The van der Waals surface area contributed by atoms with Crippen molar-refractivity contribution in [2.45, 2.75) is 70.3 Å². The fourth-order valence-corrected chi connectivity index (χ4v) is 5.20. The van der Waals surface area contributed by atoms with Crippen LogP contribution in [0.2, 0.25) is 0 Å². The summed E-state index contributed by atoms with van der Waals surface area (Å²) in [6, 6.07) is 15.6. The molecular formula is C29H38N2O7. The molecule has 5 atom stereocenters. The number of carbonyl (C=O) groups is 2. The standard InChI is InChI=1S/C29H38N2O7/c1-19-25(16-31-14-2-3-24(31)18-33)37-29(38-28(19)22-8-6-21(17-32)7-9-22)23-10-4-20(5-11-23)15-30-26(34)12-13-27(35)36/h4-11,19,24-25,28-29,32-33H,2-3,12-18H2,1H3,(H,30,34)(H,35,36)/t19-,24+,25+,28+,29+/m1/s1. The highest BCUT2D eigenvalue weighted by Crippen LogP contribution is 2.42. The van der Waals surface area contributed by atoms with Gasteiger partial charge in [-0.05, 0) is 36.1 Å². The van der Waals surface area contributed by atoms with E-state index in [-0.39, 0.29) is 56.1 Å². The summed E-state index contributed by atoms with van der Waals surface area (Å²) in [6.45, 7) is 4.21. The first-order valence-corrected chi connectivity index (χ1v) is 13.3. The average molecular weight is 527 g/mol. The van der Waals surface area contributed by atoms with E-state index in [4.69, 9.17) is 14.6 Å². The zero-order valence-corrected chi connectivity index (χ0v) is 21.8.